The summed E-state index contributed by atoms with van der Waals surface area (Å²) in [5.74, 6) is 0.961. The molecule has 1 fully saturated rings. The van der Waals surface area contributed by atoms with E-state index in [1.807, 2.05) is 33.8 Å². The lowest BCUT2D eigenvalue weighted by Crippen LogP contribution is -2.36. The van der Waals surface area contributed by atoms with Gasteiger partial charge in [-0.1, -0.05) is 13.8 Å². The summed E-state index contributed by atoms with van der Waals surface area (Å²) in [7, 11) is 1.58. The zero-order valence-corrected chi connectivity index (χ0v) is 18.1. The van der Waals surface area contributed by atoms with Crippen LogP contribution in [0.25, 0.3) is 6.08 Å². The maximum absolute atomic E-state index is 12.6. The van der Waals surface area contributed by atoms with Crippen LogP contribution in [0.2, 0.25) is 0 Å². The van der Waals surface area contributed by atoms with E-state index in [-0.39, 0.29) is 23.3 Å². The van der Waals surface area contributed by atoms with Crippen LogP contribution in [0.4, 0.5) is 4.79 Å². The molecule has 0 saturated carbocycles. The Bertz CT molecular complexity index is 734. The summed E-state index contributed by atoms with van der Waals surface area (Å²) in [5, 5.41) is -0.224. The van der Waals surface area contributed by atoms with Crippen molar-refractivity contribution in [2.45, 2.75) is 52.7 Å². The van der Waals surface area contributed by atoms with Gasteiger partial charge in [0.05, 0.1) is 22.6 Å². The number of nitrogens with zero attached hydrogens (tertiary/aromatic N) is 1. The van der Waals surface area contributed by atoms with Crippen LogP contribution in [0.5, 0.6) is 11.5 Å². The minimum absolute atomic E-state index is 0.0538. The van der Waals surface area contributed by atoms with Gasteiger partial charge in [-0.3, -0.25) is 14.5 Å². The highest BCUT2D eigenvalue weighted by Gasteiger charge is 2.37. The summed E-state index contributed by atoms with van der Waals surface area (Å²) in [6, 6.07) is 3.55. The Morgan fingerprint density at radius 3 is 2.50 bits per heavy atom. The zero-order chi connectivity index (χ0) is 19.4. The molecule has 2 amide bonds. The maximum atomic E-state index is 12.6. The number of rotatable bonds is 7. The van der Waals surface area contributed by atoms with E-state index >= 15 is 0 Å². The Labute approximate surface area is 167 Å². The van der Waals surface area contributed by atoms with Gasteiger partial charge in [0.2, 0.25) is 0 Å². The average Bonchev–Trinajstić information content (AvgIpc) is 2.89. The van der Waals surface area contributed by atoms with Gasteiger partial charge in [0.15, 0.2) is 11.5 Å². The van der Waals surface area contributed by atoms with Crippen LogP contribution in [0.15, 0.2) is 21.5 Å². The number of hydrogen-bond acceptors (Lipinski definition) is 5. The van der Waals surface area contributed by atoms with E-state index in [0.29, 0.717) is 16.4 Å². The number of hydrogen-bond donors (Lipinski definition) is 0. The molecule has 2 atom stereocenters. The van der Waals surface area contributed by atoms with Crippen LogP contribution >= 0.6 is 27.7 Å². The van der Waals surface area contributed by atoms with E-state index in [1.165, 1.54) is 4.90 Å². The third kappa shape index (κ3) is 4.43. The first kappa shape index (κ1) is 20.8. The van der Waals surface area contributed by atoms with E-state index in [2.05, 4.69) is 15.9 Å². The second-order valence-electron chi connectivity index (χ2n) is 6.18. The Kier molecular flexibility index (Phi) is 7.17. The molecule has 0 radical (unpaired) electrons. The normalized spacial score (nSPS) is 18.4. The highest BCUT2D eigenvalue weighted by Crippen LogP contribution is 2.40. The third-order valence-electron chi connectivity index (χ3n) is 4.30. The fourth-order valence-electron chi connectivity index (χ4n) is 2.42. The number of imide groups is 1. The molecule has 2 rings (SSSR count). The largest absolute Gasteiger partial charge is 0.493 e. The number of amides is 2. The molecule has 1 aliphatic heterocycles. The van der Waals surface area contributed by atoms with E-state index in [0.717, 1.165) is 34.6 Å². The number of methoxy groups -OCH3 is 1. The molecular formula is C19H24BrNO4S. The molecule has 0 unspecified atom stereocenters. The Morgan fingerprint density at radius 2 is 1.92 bits per heavy atom. The van der Waals surface area contributed by atoms with Crippen LogP contribution in [0, 0.1) is 0 Å². The topological polar surface area (TPSA) is 55.8 Å². The highest BCUT2D eigenvalue weighted by atomic mass is 79.9. The van der Waals surface area contributed by atoms with E-state index < -0.39 is 0 Å². The van der Waals surface area contributed by atoms with Crippen molar-refractivity contribution < 1.29 is 19.1 Å². The van der Waals surface area contributed by atoms with Crippen molar-refractivity contribution in [2.75, 3.05) is 7.11 Å². The first-order chi connectivity index (χ1) is 12.3. The van der Waals surface area contributed by atoms with Gasteiger partial charge in [-0.05, 0) is 78.2 Å². The van der Waals surface area contributed by atoms with Gasteiger partial charge < -0.3 is 9.47 Å². The van der Waals surface area contributed by atoms with Crippen LogP contribution in [0.1, 0.15) is 46.1 Å². The summed E-state index contributed by atoms with van der Waals surface area (Å²) < 4.78 is 12.1. The average molecular weight is 442 g/mol. The fourth-order valence-corrected chi connectivity index (χ4v) is 3.90. The van der Waals surface area contributed by atoms with E-state index in [4.69, 9.17) is 9.47 Å². The maximum Gasteiger partial charge on any atom is 0.293 e. The molecule has 0 bridgehead atoms. The quantitative estimate of drug-likeness (QED) is 0.524. The van der Waals surface area contributed by atoms with Crippen molar-refractivity contribution in [3.63, 3.8) is 0 Å². The lowest BCUT2D eigenvalue weighted by Gasteiger charge is -2.19. The molecule has 1 aromatic rings. The number of ether oxygens (including phenoxy) is 2. The molecule has 5 nitrogen and oxygen atoms in total. The number of carbonyl (C=O) groups excluding carboxylic acids is 2. The number of benzene rings is 1. The van der Waals surface area contributed by atoms with Gasteiger partial charge in [0.1, 0.15) is 0 Å². The lowest BCUT2D eigenvalue weighted by atomic mass is 10.1. The molecule has 1 saturated heterocycles. The molecule has 26 heavy (non-hydrogen) atoms. The predicted molar refractivity (Wildman–Crippen MR) is 109 cm³/mol. The highest BCUT2D eigenvalue weighted by molar-refractivity contribution is 9.10. The second-order valence-corrected chi connectivity index (χ2v) is 8.03. The van der Waals surface area contributed by atoms with Gasteiger partial charge >= 0.3 is 0 Å². The molecule has 0 spiro atoms. The van der Waals surface area contributed by atoms with Gasteiger partial charge in [-0.15, -0.1) is 0 Å². The first-order valence-corrected chi connectivity index (χ1v) is 10.2. The molecule has 0 aliphatic carbocycles. The Morgan fingerprint density at radius 1 is 1.23 bits per heavy atom. The van der Waals surface area contributed by atoms with Crippen molar-refractivity contribution in [1.82, 2.24) is 4.90 Å². The first-order valence-electron chi connectivity index (χ1n) is 8.63. The molecule has 142 valence electrons. The molecule has 0 N–H and O–H groups in total. The predicted octanol–water partition coefficient (Wildman–Crippen LogP) is 5.47. The summed E-state index contributed by atoms with van der Waals surface area (Å²) in [6.07, 6.45) is 3.37. The van der Waals surface area contributed by atoms with E-state index in [9.17, 15) is 9.59 Å². The molecule has 1 heterocycles. The van der Waals surface area contributed by atoms with Crippen LogP contribution in [-0.4, -0.2) is 35.3 Å². The fraction of sp³-hybridized carbons (Fsp3) is 0.474. The zero-order valence-electron chi connectivity index (χ0n) is 15.7. The van der Waals surface area contributed by atoms with Gasteiger partial charge in [-0.2, -0.15) is 0 Å². The third-order valence-corrected chi connectivity index (χ3v) is 5.77. The van der Waals surface area contributed by atoms with E-state index in [1.54, 1.807) is 19.3 Å². The Balaban J connectivity index is 2.35. The monoisotopic (exact) mass is 441 g/mol. The van der Waals surface area contributed by atoms with Crippen LogP contribution in [0.3, 0.4) is 0 Å². The van der Waals surface area contributed by atoms with Crippen molar-refractivity contribution in [3.05, 3.63) is 27.1 Å². The van der Waals surface area contributed by atoms with Crippen molar-refractivity contribution in [3.8, 4) is 11.5 Å². The lowest BCUT2D eigenvalue weighted by molar-refractivity contribution is -0.124. The van der Waals surface area contributed by atoms with Crippen molar-refractivity contribution >= 4 is 44.9 Å². The van der Waals surface area contributed by atoms with Crippen LogP contribution in [-0.2, 0) is 4.79 Å². The van der Waals surface area contributed by atoms with Crippen LogP contribution < -0.4 is 9.47 Å². The molecule has 7 heteroatoms. The second kappa shape index (κ2) is 8.95. The van der Waals surface area contributed by atoms with Gasteiger partial charge in [0, 0.05) is 6.04 Å². The summed E-state index contributed by atoms with van der Waals surface area (Å²) in [6.45, 7) is 7.87. The van der Waals surface area contributed by atoms with Crippen molar-refractivity contribution in [1.29, 1.82) is 0 Å². The van der Waals surface area contributed by atoms with Crippen molar-refractivity contribution in [2.24, 2.45) is 0 Å². The summed E-state index contributed by atoms with van der Waals surface area (Å²) in [5.41, 5.74) is 0.764. The minimum atomic E-state index is -0.246. The SMILES string of the molecule is CC[C@@H](C)Oc1c(Br)cc(/C=C2/SC(=O)N([C@@H](C)CC)C2=O)cc1OC. The molecule has 1 aromatic carbocycles. The Hall–Kier alpha value is -1.47. The number of carbonyl (C=O) groups is 2. The smallest absolute Gasteiger partial charge is 0.293 e. The van der Waals surface area contributed by atoms with Gasteiger partial charge in [-0.25, -0.2) is 0 Å². The summed E-state index contributed by atoms with van der Waals surface area (Å²) in [4.78, 5) is 26.5. The summed E-state index contributed by atoms with van der Waals surface area (Å²) >= 11 is 4.49. The minimum Gasteiger partial charge on any atom is -0.493 e. The molecule has 1 aliphatic rings. The standard InChI is InChI=1S/C19H24BrNO4S/c1-6-11(3)21-18(22)16(26-19(21)23)10-13-8-14(20)17(15(9-13)24-5)25-12(4)7-2/h8-12H,6-7H2,1-5H3/b16-10+/t11-,12+/m0/s1. The van der Waals surface area contributed by atoms with Gasteiger partial charge in [0.25, 0.3) is 11.1 Å². The number of halogens is 1. The molecule has 0 aromatic heterocycles. The molecular weight excluding hydrogens is 418 g/mol. The number of thioether (sulfide) groups is 1.